The summed E-state index contributed by atoms with van der Waals surface area (Å²) in [6.45, 7) is 0. The van der Waals surface area contributed by atoms with Crippen molar-refractivity contribution in [3.8, 4) is 11.4 Å². The van der Waals surface area contributed by atoms with E-state index in [1.54, 1.807) is 18.2 Å². The van der Waals surface area contributed by atoms with Gasteiger partial charge < -0.3 is 11.1 Å². The van der Waals surface area contributed by atoms with Gasteiger partial charge in [-0.15, -0.1) is 5.10 Å². The van der Waals surface area contributed by atoms with Crippen LogP contribution in [-0.2, 0) is 0 Å². The molecule has 0 saturated heterocycles. The number of anilines is 1. The van der Waals surface area contributed by atoms with E-state index in [0.29, 0.717) is 17.1 Å². The number of hydrogen-bond donors (Lipinski definition) is 3. The van der Waals surface area contributed by atoms with Crippen LogP contribution in [0.15, 0.2) is 24.3 Å². The molecule has 0 unspecified atom stereocenters. The molecule has 0 aliphatic carbocycles. The van der Waals surface area contributed by atoms with Crippen LogP contribution in [0.25, 0.3) is 11.4 Å². The molecule has 0 saturated carbocycles. The molecule has 7 nitrogen and oxygen atoms in total. The highest BCUT2D eigenvalue weighted by Gasteiger charge is 2.08. The molecule has 1 aromatic heterocycles. The number of rotatable bonds is 2. The number of nitrogens with zero attached hydrogens (tertiary/aromatic N) is 3. The van der Waals surface area contributed by atoms with Crippen molar-refractivity contribution in [1.82, 2.24) is 20.6 Å². The summed E-state index contributed by atoms with van der Waals surface area (Å²) in [5.74, 6) is 0.472. The van der Waals surface area contributed by atoms with E-state index < -0.39 is 6.03 Å². The lowest BCUT2D eigenvalue weighted by Gasteiger charge is -2.05. The summed E-state index contributed by atoms with van der Waals surface area (Å²) in [4.78, 5) is 10.7. The van der Waals surface area contributed by atoms with E-state index in [2.05, 4.69) is 25.9 Å². The van der Waals surface area contributed by atoms with E-state index in [1.165, 1.54) is 0 Å². The molecule has 2 rings (SSSR count). The molecule has 2 aromatic rings. The summed E-state index contributed by atoms with van der Waals surface area (Å²) in [7, 11) is 0. The lowest BCUT2D eigenvalue weighted by atomic mass is 10.1. The number of benzene rings is 1. The van der Waals surface area contributed by atoms with Gasteiger partial charge in [0.25, 0.3) is 0 Å². The van der Waals surface area contributed by atoms with E-state index in [1.807, 2.05) is 6.07 Å². The number of H-pyrrole nitrogens is 1. The van der Waals surface area contributed by atoms with Crippen molar-refractivity contribution in [1.29, 1.82) is 0 Å². The number of hydrogen-bond acceptors (Lipinski definition) is 4. The molecule has 0 fully saturated rings. The van der Waals surface area contributed by atoms with Gasteiger partial charge in [0.2, 0.25) is 0 Å². The Morgan fingerprint density at radius 1 is 1.40 bits per heavy atom. The Kier molecular flexibility index (Phi) is 2.28. The highest BCUT2D eigenvalue weighted by molar-refractivity contribution is 5.92. The number of tetrazole rings is 1. The molecule has 0 radical (unpaired) electrons. The molecule has 2 amide bonds. The van der Waals surface area contributed by atoms with Crippen LogP contribution in [0.1, 0.15) is 0 Å². The van der Waals surface area contributed by atoms with Gasteiger partial charge in [0.15, 0.2) is 5.82 Å². The molecule has 0 atom stereocenters. The molecular formula is C8H8N6O. The van der Waals surface area contributed by atoms with Crippen molar-refractivity contribution < 1.29 is 4.79 Å². The van der Waals surface area contributed by atoms with Crippen LogP contribution in [0, 0.1) is 0 Å². The zero-order valence-electron chi connectivity index (χ0n) is 7.64. The van der Waals surface area contributed by atoms with Crippen LogP contribution in [0.2, 0.25) is 0 Å². The molecule has 0 aliphatic rings. The number of aromatic nitrogens is 4. The smallest absolute Gasteiger partial charge is 0.316 e. The number of nitrogens with one attached hydrogen (secondary N) is 2. The average Bonchev–Trinajstić information content (AvgIpc) is 2.70. The summed E-state index contributed by atoms with van der Waals surface area (Å²) in [5, 5.41) is 15.7. The van der Waals surface area contributed by atoms with Crippen molar-refractivity contribution in [3.63, 3.8) is 0 Å². The third kappa shape index (κ3) is 1.90. The quantitative estimate of drug-likeness (QED) is 0.655. The molecular weight excluding hydrogens is 196 g/mol. The molecule has 1 heterocycles. The third-order valence-corrected chi connectivity index (χ3v) is 1.79. The van der Waals surface area contributed by atoms with E-state index in [9.17, 15) is 4.79 Å². The molecule has 0 aliphatic heterocycles. The minimum absolute atomic E-state index is 0.472. The fraction of sp³-hybridized carbons (Fsp3) is 0. The summed E-state index contributed by atoms with van der Waals surface area (Å²) in [6.07, 6.45) is 0. The van der Waals surface area contributed by atoms with E-state index in [0.717, 1.165) is 0 Å². The highest BCUT2D eigenvalue weighted by atomic mass is 16.2. The van der Waals surface area contributed by atoms with Crippen molar-refractivity contribution in [2.45, 2.75) is 0 Å². The first kappa shape index (κ1) is 9.13. The number of para-hydroxylation sites is 1. The summed E-state index contributed by atoms with van der Waals surface area (Å²) < 4.78 is 0. The van der Waals surface area contributed by atoms with Crippen molar-refractivity contribution in [2.24, 2.45) is 5.73 Å². The Bertz CT molecular complexity index is 466. The predicted octanol–water partition coefficient (Wildman–Crippen LogP) is 0.357. The molecule has 1 aromatic carbocycles. The second-order valence-electron chi connectivity index (χ2n) is 2.78. The van der Waals surface area contributed by atoms with Crippen LogP contribution in [0.5, 0.6) is 0 Å². The standard InChI is InChI=1S/C8H8N6O/c9-8(15)10-6-4-2-1-3-5(6)7-11-13-14-12-7/h1-4H,(H3,9,10,15)(H,11,12,13,14). The van der Waals surface area contributed by atoms with Crippen LogP contribution < -0.4 is 11.1 Å². The largest absolute Gasteiger partial charge is 0.351 e. The second-order valence-corrected chi connectivity index (χ2v) is 2.78. The van der Waals surface area contributed by atoms with Gasteiger partial charge in [-0.3, -0.25) is 0 Å². The maximum absolute atomic E-state index is 10.7. The first-order valence-electron chi connectivity index (χ1n) is 4.17. The van der Waals surface area contributed by atoms with E-state index in [4.69, 9.17) is 5.73 Å². The van der Waals surface area contributed by atoms with Gasteiger partial charge in [-0.1, -0.05) is 12.1 Å². The number of primary amides is 1. The van der Waals surface area contributed by atoms with E-state index >= 15 is 0 Å². The Morgan fingerprint density at radius 2 is 2.20 bits per heavy atom. The molecule has 15 heavy (non-hydrogen) atoms. The Balaban J connectivity index is 2.42. The summed E-state index contributed by atoms with van der Waals surface area (Å²) in [6, 6.07) is 6.44. The second kappa shape index (κ2) is 3.74. The normalized spacial score (nSPS) is 9.87. The first-order valence-corrected chi connectivity index (χ1v) is 4.17. The number of carbonyl (C=O) groups is 1. The zero-order chi connectivity index (χ0) is 10.7. The third-order valence-electron chi connectivity index (χ3n) is 1.79. The highest BCUT2D eigenvalue weighted by Crippen LogP contribution is 2.23. The maximum Gasteiger partial charge on any atom is 0.316 e. The number of urea groups is 1. The van der Waals surface area contributed by atoms with Crippen molar-refractivity contribution in [3.05, 3.63) is 24.3 Å². The van der Waals surface area contributed by atoms with Gasteiger partial charge in [0, 0.05) is 5.56 Å². The van der Waals surface area contributed by atoms with Gasteiger partial charge >= 0.3 is 6.03 Å². The topological polar surface area (TPSA) is 110 Å². The number of carbonyl (C=O) groups excluding carboxylic acids is 1. The van der Waals surface area contributed by atoms with Crippen LogP contribution >= 0.6 is 0 Å². The molecule has 4 N–H and O–H groups in total. The Hall–Kier alpha value is -2.44. The number of nitrogens with two attached hydrogens (primary N) is 1. The first-order chi connectivity index (χ1) is 7.27. The monoisotopic (exact) mass is 204 g/mol. The zero-order valence-corrected chi connectivity index (χ0v) is 7.64. The Labute approximate surface area is 84.7 Å². The maximum atomic E-state index is 10.7. The van der Waals surface area contributed by atoms with Gasteiger partial charge in [0.05, 0.1) is 5.69 Å². The van der Waals surface area contributed by atoms with Gasteiger partial charge in [-0.2, -0.15) is 0 Å². The summed E-state index contributed by atoms with van der Waals surface area (Å²) >= 11 is 0. The molecule has 7 heteroatoms. The van der Waals surface area contributed by atoms with Crippen LogP contribution in [0.4, 0.5) is 10.5 Å². The van der Waals surface area contributed by atoms with Gasteiger partial charge in [-0.05, 0) is 22.6 Å². The lowest BCUT2D eigenvalue weighted by Crippen LogP contribution is -2.19. The Morgan fingerprint density at radius 3 is 2.87 bits per heavy atom. The van der Waals surface area contributed by atoms with Crippen LogP contribution in [-0.4, -0.2) is 26.7 Å². The fourth-order valence-corrected chi connectivity index (χ4v) is 1.20. The SMILES string of the molecule is NC(=O)Nc1ccccc1-c1nnn[nH]1. The average molecular weight is 204 g/mol. The molecule has 0 bridgehead atoms. The van der Waals surface area contributed by atoms with Crippen LogP contribution in [0.3, 0.4) is 0 Å². The van der Waals surface area contributed by atoms with E-state index in [-0.39, 0.29) is 0 Å². The summed E-state index contributed by atoms with van der Waals surface area (Å²) in [5.41, 5.74) is 6.28. The van der Waals surface area contributed by atoms with Gasteiger partial charge in [-0.25, -0.2) is 9.89 Å². The van der Waals surface area contributed by atoms with Crippen molar-refractivity contribution >= 4 is 11.7 Å². The molecule has 0 spiro atoms. The minimum atomic E-state index is -0.630. The molecule has 76 valence electrons. The minimum Gasteiger partial charge on any atom is -0.351 e. The lowest BCUT2D eigenvalue weighted by molar-refractivity contribution is 0.259. The van der Waals surface area contributed by atoms with Crippen molar-refractivity contribution in [2.75, 3.05) is 5.32 Å². The number of amides is 2. The number of aromatic amines is 1. The van der Waals surface area contributed by atoms with Gasteiger partial charge in [0.1, 0.15) is 0 Å². The predicted molar refractivity (Wildman–Crippen MR) is 52.8 cm³/mol. The fourth-order valence-electron chi connectivity index (χ4n) is 1.20.